The zero-order valence-corrected chi connectivity index (χ0v) is 37.0. The number of methoxy groups -OCH3 is 2. The molecule has 0 spiro atoms. The molecule has 4 unspecified atom stereocenters. The molecule has 2 aromatic heterocycles. The van der Waals surface area contributed by atoms with E-state index in [0.29, 0.717) is 26.1 Å². The van der Waals surface area contributed by atoms with Gasteiger partial charge in [0.25, 0.3) is 0 Å². The first kappa shape index (κ1) is 43.7. The van der Waals surface area contributed by atoms with Gasteiger partial charge in [0.1, 0.15) is 17.7 Å². The summed E-state index contributed by atoms with van der Waals surface area (Å²) >= 11 is 0. The van der Waals surface area contributed by atoms with Gasteiger partial charge in [0.15, 0.2) is 0 Å². The lowest BCUT2D eigenvalue weighted by Crippen LogP contribution is -2.51. The van der Waals surface area contributed by atoms with Crippen LogP contribution in [-0.2, 0) is 19.1 Å². The van der Waals surface area contributed by atoms with E-state index in [1.54, 1.807) is 0 Å². The second kappa shape index (κ2) is 19.2. The van der Waals surface area contributed by atoms with Crippen molar-refractivity contribution in [1.29, 1.82) is 0 Å². The van der Waals surface area contributed by atoms with Crippen molar-refractivity contribution in [2.24, 2.45) is 11.8 Å². The van der Waals surface area contributed by atoms with Gasteiger partial charge in [0.05, 0.1) is 50.1 Å². The predicted molar refractivity (Wildman–Crippen MR) is 246 cm³/mol. The molecule has 0 aliphatic carbocycles. The number of rotatable bonds is 13. The maximum absolute atomic E-state index is 13.6. The number of carbonyl (C=O) groups excluding carboxylic acids is 4. The van der Waals surface area contributed by atoms with Crippen LogP contribution in [-0.4, -0.2) is 93.6 Å². The van der Waals surface area contributed by atoms with E-state index in [0.717, 1.165) is 92.9 Å². The molecule has 14 heteroatoms. The largest absolute Gasteiger partial charge is 0.453 e. The van der Waals surface area contributed by atoms with Crippen LogP contribution in [0.25, 0.3) is 55.5 Å². The molecule has 2 aliphatic heterocycles. The molecule has 4 amide bonds. The predicted octanol–water partition coefficient (Wildman–Crippen LogP) is 9.04. The molecule has 0 radical (unpaired) electrons. The van der Waals surface area contributed by atoms with E-state index in [1.165, 1.54) is 14.2 Å². The van der Waals surface area contributed by atoms with Gasteiger partial charge in [-0.2, -0.15) is 0 Å². The van der Waals surface area contributed by atoms with E-state index < -0.39 is 18.2 Å². The maximum Gasteiger partial charge on any atom is 0.407 e. The lowest BCUT2D eigenvalue weighted by atomic mass is 9.92. The Balaban J connectivity index is 0.949. The number of nitrogens with zero attached hydrogens (tertiary/aromatic N) is 4. The smallest absolute Gasteiger partial charge is 0.407 e. The Hall–Kier alpha value is -6.96. The van der Waals surface area contributed by atoms with E-state index in [-0.39, 0.29) is 35.7 Å². The zero-order valence-electron chi connectivity index (χ0n) is 37.0. The Morgan fingerprint density at radius 2 is 1.16 bits per heavy atom. The Kier molecular flexibility index (Phi) is 13.1. The second-order valence-electron chi connectivity index (χ2n) is 17.2. The molecule has 2 fully saturated rings. The number of imidazole rings is 2. The van der Waals surface area contributed by atoms with Crippen molar-refractivity contribution < 1.29 is 28.7 Å². The number of aromatic nitrogens is 4. The third kappa shape index (κ3) is 9.22. The fraction of sp³-hybridized carbons (Fsp3) is 0.360. The number of H-pyrrole nitrogens is 2. The van der Waals surface area contributed by atoms with Crippen molar-refractivity contribution in [2.75, 3.05) is 33.9 Å². The Morgan fingerprint density at radius 1 is 0.672 bits per heavy atom. The minimum atomic E-state index is -0.690. The number of hydrogen-bond acceptors (Lipinski definition) is 8. The van der Waals surface area contributed by atoms with Crippen molar-refractivity contribution in [2.45, 2.75) is 71.0 Å². The Labute approximate surface area is 373 Å². The highest BCUT2D eigenvalue weighted by Gasteiger charge is 2.38. The quantitative estimate of drug-likeness (QED) is 0.0890. The summed E-state index contributed by atoms with van der Waals surface area (Å²) in [5.74, 6) is 1.30. The maximum atomic E-state index is 13.6. The monoisotopic (exact) mass is 864 g/mol. The summed E-state index contributed by atoms with van der Waals surface area (Å²) in [6.07, 6.45) is 6.26. The first-order valence-corrected chi connectivity index (χ1v) is 22.1. The van der Waals surface area contributed by atoms with E-state index >= 15 is 0 Å². The van der Waals surface area contributed by atoms with Gasteiger partial charge in [0.2, 0.25) is 11.8 Å². The van der Waals surface area contributed by atoms with E-state index in [2.05, 4.69) is 110 Å². The fourth-order valence-corrected chi connectivity index (χ4v) is 9.14. The first-order chi connectivity index (χ1) is 31.0. The Morgan fingerprint density at radius 3 is 1.66 bits per heavy atom. The second-order valence-corrected chi connectivity index (χ2v) is 17.2. The molecule has 0 bridgehead atoms. The van der Waals surface area contributed by atoms with Crippen LogP contribution in [0.15, 0.2) is 97.3 Å². The van der Waals surface area contributed by atoms with E-state index in [4.69, 9.17) is 14.7 Å². The minimum Gasteiger partial charge on any atom is -0.453 e. The van der Waals surface area contributed by atoms with Gasteiger partial charge in [-0.3, -0.25) is 9.59 Å². The van der Waals surface area contributed by atoms with Gasteiger partial charge in [-0.1, -0.05) is 106 Å². The van der Waals surface area contributed by atoms with Gasteiger partial charge in [-0.25, -0.2) is 19.6 Å². The molecular weight excluding hydrogens is 809 g/mol. The summed E-state index contributed by atoms with van der Waals surface area (Å²) in [6.45, 7) is 7.41. The molecule has 64 heavy (non-hydrogen) atoms. The lowest BCUT2D eigenvalue weighted by molar-refractivity contribution is -0.135. The van der Waals surface area contributed by atoms with Gasteiger partial charge < -0.3 is 39.9 Å². The van der Waals surface area contributed by atoms with Crippen molar-refractivity contribution >= 4 is 34.8 Å². The molecule has 6 aromatic rings. The van der Waals surface area contributed by atoms with Gasteiger partial charge in [-0.05, 0) is 81.7 Å². The number of aromatic amines is 2. The lowest BCUT2D eigenvalue weighted by Gasteiger charge is -2.30. The highest BCUT2D eigenvalue weighted by Crippen LogP contribution is 2.38. The summed E-state index contributed by atoms with van der Waals surface area (Å²) in [5.41, 5.74) is 8.21. The molecule has 0 saturated carbocycles. The Bertz CT molecular complexity index is 2620. The fourth-order valence-electron chi connectivity index (χ4n) is 9.14. The number of benzene rings is 4. The summed E-state index contributed by atoms with van der Waals surface area (Å²) < 4.78 is 9.44. The van der Waals surface area contributed by atoms with Crippen LogP contribution in [0.5, 0.6) is 0 Å². The molecule has 4 N–H and O–H groups in total. The van der Waals surface area contributed by atoms with Crippen molar-refractivity contribution in [3.63, 3.8) is 0 Å². The number of likely N-dealkylation sites (tertiary alicyclic amines) is 2. The van der Waals surface area contributed by atoms with Crippen molar-refractivity contribution in [3.05, 3.63) is 109 Å². The van der Waals surface area contributed by atoms with Gasteiger partial charge in [-0.15, -0.1) is 0 Å². The number of carbonyl (C=O) groups is 4. The van der Waals surface area contributed by atoms with Crippen molar-refractivity contribution in [1.82, 2.24) is 40.4 Å². The van der Waals surface area contributed by atoms with E-state index in [9.17, 15) is 19.2 Å². The number of hydrogen-bond donors (Lipinski definition) is 4. The first-order valence-electron chi connectivity index (χ1n) is 22.1. The van der Waals surface area contributed by atoms with Crippen LogP contribution < -0.4 is 10.6 Å². The molecule has 8 rings (SSSR count). The number of alkyl carbamates (subject to hydrolysis) is 2. The highest BCUT2D eigenvalue weighted by atomic mass is 16.5. The molecular formula is C50H56N8O6. The average Bonchev–Trinajstić information content (AvgIpc) is 4.17. The number of amides is 4. The van der Waals surface area contributed by atoms with Crippen LogP contribution in [0, 0.1) is 11.8 Å². The molecule has 4 aromatic carbocycles. The van der Waals surface area contributed by atoms with Crippen LogP contribution in [0.1, 0.15) is 76.6 Å². The van der Waals surface area contributed by atoms with Crippen LogP contribution in [0.2, 0.25) is 0 Å². The molecule has 332 valence electrons. The van der Waals surface area contributed by atoms with Crippen LogP contribution >= 0.6 is 0 Å². The molecule has 14 nitrogen and oxygen atoms in total. The molecule has 2 aliphatic rings. The summed E-state index contributed by atoms with van der Waals surface area (Å²) in [4.78, 5) is 70.6. The third-order valence-electron chi connectivity index (χ3n) is 12.6. The van der Waals surface area contributed by atoms with Crippen molar-refractivity contribution in [3.8, 4) is 44.8 Å². The zero-order chi connectivity index (χ0) is 44.9. The van der Waals surface area contributed by atoms with E-state index in [1.807, 2.05) is 43.0 Å². The van der Waals surface area contributed by atoms with Gasteiger partial charge in [0, 0.05) is 26.1 Å². The number of ether oxygens (including phenoxy) is 2. The number of nitrogens with one attached hydrogen (secondary N) is 4. The summed E-state index contributed by atoms with van der Waals surface area (Å²) in [6, 6.07) is 28.8. The SMILES string of the molecule is COC(=O)NCC(C)CC(=O)N1CCCC1c1ncc(-c2ccc(-c3cccc4c(-c5ccc(-c6cnc(C7CCCN7C(=O)C(NC(=O)OC)C(C)C)[nH]6)cc5)cccc34)cc2)[nH]1. The molecule has 4 atom stereocenters. The molecule has 2 saturated heterocycles. The van der Waals surface area contributed by atoms with Crippen LogP contribution in [0.3, 0.4) is 0 Å². The normalized spacial score (nSPS) is 17.1. The standard InChI is InChI=1S/C50H56N8O6/c1-30(2)45(56-50(62)64-5)48(60)58-25-9-15-43(58)47-52-29-41(55-47)35-22-18-33(19-23-35)37-11-7-12-38-36(10-6-13-39(37)38)32-16-20-34(21-17-32)40-28-51-46(54-40)42-14-8-24-57(42)44(59)26-31(3)27-53-49(61)63-4/h6-7,10-13,16-23,28-31,42-43,45H,8-9,14-15,24-27H2,1-5H3,(H,51,54)(H,52,55)(H,53,61)(H,56,62). The van der Waals surface area contributed by atoms with Gasteiger partial charge >= 0.3 is 12.2 Å². The third-order valence-corrected chi connectivity index (χ3v) is 12.6. The van der Waals surface area contributed by atoms with Crippen LogP contribution in [0.4, 0.5) is 9.59 Å². The highest BCUT2D eigenvalue weighted by molar-refractivity contribution is 6.04. The molecule has 4 heterocycles. The summed E-state index contributed by atoms with van der Waals surface area (Å²) in [7, 11) is 2.62. The summed E-state index contributed by atoms with van der Waals surface area (Å²) in [5, 5.41) is 7.69. The number of fused-ring (bicyclic) bond motifs is 1. The topological polar surface area (TPSA) is 175 Å². The minimum absolute atomic E-state index is 0.0256. The average molecular weight is 865 g/mol.